The summed E-state index contributed by atoms with van der Waals surface area (Å²) in [6.07, 6.45) is 5.07. The molecule has 0 unspecified atom stereocenters. The Morgan fingerprint density at radius 2 is 1.75 bits per heavy atom. The van der Waals surface area contributed by atoms with Gasteiger partial charge in [-0.05, 0) is 61.4 Å². The molecule has 0 aliphatic heterocycles. The molecule has 142 valence electrons. The van der Waals surface area contributed by atoms with Gasteiger partial charge in [-0.15, -0.1) is 0 Å². The van der Waals surface area contributed by atoms with Crippen molar-refractivity contribution in [3.8, 4) is 11.3 Å². The van der Waals surface area contributed by atoms with Crippen LogP contribution >= 0.6 is 0 Å². The van der Waals surface area contributed by atoms with Gasteiger partial charge < -0.3 is 5.32 Å². The van der Waals surface area contributed by atoms with E-state index < -0.39 is 10.0 Å². The number of rotatable bonds is 6. The number of anilines is 1. The molecule has 2 N–H and O–H groups in total. The first kappa shape index (κ1) is 18.3. The van der Waals surface area contributed by atoms with Crippen molar-refractivity contribution in [2.75, 3.05) is 5.32 Å². The summed E-state index contributed by atoms with van der Waals surface area (Å²) >= 11 is 0. The lowest BCUT2D eigenvalue weighted by atomic mass is 10.2. The van der Waals surface area contributed by atoms with Gasteiger partial charge in [0.2, 0.25) is 10.0 Å². The number of nitrogens with zero attached hydrogens (tertiary/aromatic N) is 2. The zero-order valence-electron chi connectivity index (χ0n) is 14.9. The average molecular weight is 394 g/mol. The Morgan fingerprint density at radius 1 is 0.964 bits per heavy atom. The minimum Gasteiger partial charge on any atom is -0.307 e. The van der Waals surface area contributed by atoms with Crippen LogP contribution in [0, 0.1) is 0 Å². The van der Waals surface area contributed by atoms with E-state index >= 15 is 0 Å². The minimum absolute atomic E-state index is 0.0353. The van der Waals surface area contributed by atoms with Crippen LogP contribution in [0.5, 0.6) is 0 Å². The molecule has 4 rings (SSSR count). The van der Waals surface area contributed by atoms with Gasteiger partial charge in [0.25, 0.3) is 5.91 Å². The number of amides is 1. The van der Waals surface area contributed by atoms with Gasteiger partial charge >= 0.3 is 0 Å². The first-order valence-electron chi connectivity index (χ1n) is 8.82. The number of carbonyl (C=O) groups is 1. The maximum absolute atomic E-state index is 12.4. The fraction of sp³-hybridized carbons (Fsp3) is 0.150. The van der Waals surface area contributed by atoms with Crippen molar-refractivity contribution < 1.29 is 13.2 Å². The molecule has 0 spiro atoms. The van der Waals surface area contributed by atoms with E-state index in [9.17, 15) is 13.2 Å². The Morgan fingerprint density at radius 3 is 2.36 bits per heavy atom. The van der Waals surface area contributed by atoms with Crippen molar-refractivity contribution in [3.05, 3.63) is 72.6 Å². The summed E-state index contributed by atoms with van der Waals surface area (Å²) in [5, 5.41) is 2.70. The molecule has 1 saturated carbocycles. The summed E-state index contributed by atoms with van der Waals surface area (Å²) < 4.78 is 27.0. The minimum atomic E-state index is -3.53. The molecule has 7 nitrogen and oxygen atoms in total. The molecular formula is C20H18N4O3S. The zero-order chi connectivity index (χ0) is 19.6. The number of hydrogen-bond donors (Lipinski definition) is 2. The summed E-state index contributed by atoms with van der Waals surface area (Å²) in [6, 6.07) is 15.0. The second-order valence-electron chi connectivity index (χ2n) is 6.52. The number of benzene rings is 1. The van der Waals surface area contributed by atoms with Crippen molar-refractivity contribution in [2.24, 2.45) is 0 Å². The van der Waals surface area contributed by atoms with E-state index in [1.807, 2.05) is 24.3 Å². The lowest BCUT2D eigenvalue weighted by molar-refractivity contribution is 0.102. The van der Waals surface area contributed by atoms with Crippen molar-refractivity contribution >= 4 is 21.7 Å². The van der Waals surface area contributed by atoms with Crippen LogP contribution in [0.4, 0.5) is 5.82 Å². The van der Waals surface area contributed by atoms with Crippen molar-refractivity contribution in [1.82, 2.24) is 14.7 Å². The standard InChI is InChI=1S/C20H18N4O3S/c25-20(14-4-9-17(10-5-14)28(26,27)24-16-7-8-16)23-19-11-6-15(13-22-19)18-3-1-2-12-21-18/h1-6,9-13,16,24H,7-8H2,(H,22,23,25). The van der Waals surface area contributed by atoms with Gasteiger partial charge in [-0.2, -0.15) is 0 Å². The van der Waals surface area contributed by atoms with Crippen LogP contribution in [0.15, 0.2) is 71.9 Å². The number of aromatic nitrogens is 2. The van der Waals surface area contributed by atoms with E-state index in [1.165, 1.54) is 24.3 Å². The van der Waals surface area contributed by atoms with Gasteiger partial charge in [0.05, 0.1) is 10.6 Å². The number of nitrogens with one attached hydrogen (secondary N) is 2. The Labute approximate surface area is 162 Å². The fourth-order valence-electron chi connectivity index (χ4n) is 2.62. The Hall–Kier alpha value is -3.10. The molecule has 1 aliphatic carbocycles. The summed E-state index contributed by atoms with van der Waals surface area (Å²) in [6.45, 7) is 0. The first-order valence-corrected chi connectivity index (χ1v) is 10.3. The van der Waals surface area contributed by atoms with Crippen LogP contribution in [0.2, 0.25) is 0 Å². The van der Waals surface area contributed by atoms with Crippen LogP contribution in [-0.2, 0) is 10.0 Å². The number of hydrogen-bond acceptors (Lipinski definition) is 5. The van der Waals surface area contributed by atoms with Crippen LogP contribution in [-0.4, -0.2) is 30.3 Å². The molecule has 1 aliphatic rings. The fourth-order valence-corrected chi connectivity index (χ4v) is 3.92. The third-order valence-electron chi connectivity index (χ3n) is 4.29. The highest BCUT2D eigenvalue weighted by atomic mass is 32.2. The normalized spacial score (nSPS) is 13.9. The van der Waals surface area contributed by atoms with Crippen LogP contribution < -0.4 is 10.0 Å². The number of carbonyl (C=O) groups excluding carboxylic acids is 1. The molecule has 1 amide bonds. The van der Waals surface area contributed by atoms with E-state index in [4.69, 9.17) is 0 Å². The SMILES string of the molecule is O=C(Nc1ccc(-c2ccccn2)cn1)c1ccc(S(=O)(=O)NC2CC2)cc1. The summed E-state index contributed by atoms with van der Waals surface area (Å²) in [5.41, 5.74) is 1.99. The van der Waals surface area contributed by atoms with E-state index in [-0.39, 0.29) is 16.8 Å². The second-order valence-corrected chi connectivity index (χ2v) is 8.24. The molecular weight excluding hydrogens is 376 g/mol. The van der Waals surface area contributed by atoms with Gasteiger partial charge in [-0.3, -0.25) is 9.78 Å². The topological polar surface area (TPSA) is 101 Å². The molecule has 3 aromatic rings. The molecule has 28 heavy (non-hydrogen) atoms. The molecule has 2 heterocycles. The lowest BCUT2D eigenvalue weighted by Crippen LogP contribution is -2.25. The smallest absolute Gasteiger partial charge is 0.256 e. The largest absolute Gasteiger partial charge is 0.307 e. The quantitative estimate of drug-likeness (QED) is 0.669. The maximum atomic E-state index is 12.4. The maximum Gasteiger partial charge on any atom is 0.256 e. The van der Waals surface area contributed by atoms with Crippen LogP contribution in [0.1, 0.15) is 23.2 Å². The van der Waals surface area contributed by atoms with Crippen molar-refractivity contribution in [1.29, 1.82) is 0 Å². The third kappa shape index (κ3) is 4.24. The molecule has 8 heteroatoms. The molecule has 0 bridgehead atoms. The number of pyridine rings is 2. The molecule has 1 aromatic carbocycles. The van der Waals surface area contributed by atoms with E-state index in [1.54, 1.807) is 18.5 Å². The Bertz CT molecular complexity index is 1080. The highest BCUT2D eigenvalue weighted by molar-refractivity contribution is 7.89. The summed E-state index contributed by atoms with van der Waals surface area (Å²) in [5.74, 6) is 0.0361. The Kier molecular flexibility index (Phi) is 4.89. The average Bonchev–Trinajstić information content (AvgIpc) is 3.53. The molecule has 1 fully saturated rings. The summed E-state index contributed by atoms with van der Waals surface area (Å²) in [4.78, 5) is 21.0. The predicted octanol–water partition coefficient (Wildman–Crippen LogP) is 2.84. The van der Waals surface area contributed by atoms with Gasteiger partial charge in [0, 0.05) is 29.6 Å². The van der Waals surface area contributed by atoms with Gasteiger partial charge in [0.15, 0.2) is 0 Å². The monoisotopic (exact) mass is 394 g/mol. The van der Waals surface area contributed by atoms with Crippen molar-refractivity contribution in [2.45, 2.75) is 23.8 Å². The van der Waals surface area contributed by atoms with E-state index in [0.717, 1.165) is 24.1 Å². The van der Waals surface area contributed by atoms with Crippen LogP contribution in [0.3, 0.4) is 0 Å². The van der Waals surface area contributed by atoms with Gasteiger partial charge in [0.1, 0.15) is 5.82 Å². The summed E-state index contributed by atoms with van der Waals surface area (Å²) in [7, 11) is -3.53. The second kappa shape index (κ2) is 7.49. The first-order chi connectivity index (χ1) is 13.5. The van der Waals surface area contributed by atoms with Gasteiger partial charge in [-0.25, -0.2) is 18.1 Å². The molecule has 2 aromatic heterocycles. The molecule has 0 atom stereocenters. The Balaban J connectivity index is 1.43. The lowest BCUT2D eigenvalue weighted by Gasteiger charge is -2.08. The third-order valence-corrected chi connectivity index (χ3v) is 5.83. The highest BCUT2D eigenvalue weighted by Gasteiger charge is 2.27. The molecule has 0 saturated heterocycles. The zero-order valence-corrected chi connectivity index (χ0v) is 15.7. The molecule has 0 radical (unpaired) electrons. The number of sulfonamides is 1. The van der Waals surface area contributed by atoms with E-state index in [2.05, 4.69) is 20.0 Å². The predicted molar refractivity (Wildman–Crippen MR) is 105 cm³/mol. The van der Waals surface area contributed by atoms with E-state index in [0.29, 0.717) is 11.4 Å². The van der Waals surface area contributed by atoms with Gasteiger partial charge in [-0.1, -0.05) is 6.07 Å². The highest BCUT2D eigenvalue weighted by Crippen LogP contribution is 2.22. The van der Waals surface area contributed by atoms with Crippen molar-refractivity contribution in [3.63, 3.8) is 0 Å². The van der Waals surface area contributed by atoms with Crippen LogP contribution in [0.25, 0.3) is 11.3 Å².